The van der Waals surface area contributed by atoms with Crippen molar-refractivity contribution in [1.29, 1.82) is 0 Å². The Morgan fingerprint density at radius 1 is 1.47 bits per heavy atom. The van der Waals surface area contributed by atoms with Crippen LogP contribution < -0.4 is 10.9 Å². The molecule has 1 aromatic rings. The van der Waals surface area contributed by atoms with E-state index in [1.165, 1.54) is 31.3 Å². The first-order valence-corrected chi connectivity index (χ1v) is 6.30. The van der Waals surface area contributed by atoms with Gasteiger partial charge < -0.3 is 5.32 Å². The first-order chi connectivity index (χ1) is 8.27. The van der Waals surface area contributed by atoms with Gasteiger partial charge in [0.05, 0.1) is 11.9 Å². The third kappa shape index (κ3) is 3.33. The van der Waals surface area contributed by atoms with Gasteiger partial charge >= 0.3 is 0 Å². The maximum absolute atomic E-state index is 11.2. The predicted octanol–water partition coefficient (Wildman–Crippen LogP) is 2.73. The van der Waals surface area contributed by atoms with Gasteiger partial charge in [-0.2, -0.15) is 5.10 Å². The summed E-state index contributed by atoms with van der Waals surface area (Å²) < 4.78 is 0. The average Bonchev–Trinajstić information content (AvgIpc) is 2.36. The molecule has 0 amide bonds. The Labute approximate surface area is 105 Å². The van der Waals surface area contributed by atoms with Gasteiger partial charge in [-0.3, -0.25) is 4.79 Å². The van der Waals surface area contributed by atoms with Crippen LogP contribution in [0.4, 0.5) is 5.69 Å². The molecular weight excluding hydrogens is 238 g/mol. The van der Waals surface area contributed by atoms with Crippen LogP contribution in [-0.4, -0.2) is 16.7 Å². The first kappa shape index (κ1) is 12.2. The van der Waals surface area contributed by atoms with Gasteiger partial charge in [0.25, 0.3) is 5.56 Å². The molecule has 1 aliphatic carbocycles. The third-order valence-corrected chi connectivity index (χ3v) is 3.32. The molecule has 0 atom stereocenters. The summed E-state index contributed by atoms with van der Waals surface area (Å²) in [5, 5.41) is 9.33. The molecule has 2 N–H and O–H groups in total. The highest BCUT2D eigenvalue weighted by Crippen LogP contribution is 2.20. The lowest BCUT2D eigenvalue weighted by Crippen LogP contribution is -2.13. The Balaban J connectivity index is 1.87. The largest absolute Gasteiger partial charge is 0.382 e. The average molecular weight is 254 g/mol. The number of halogens is 1. The minimum Gasteiger partial charge on any atom is -0.382 e. The number of nitrogens with one attached hydrogen (secondary N) is 2. The predicted molar refractivity (Wildman–Crippen MR) is 69.5 cm³/mol. The van der Waals surface area contributed by atoms with Gasteiger partial charge in [-0.15, -0.1) is 0 Å². The number of hydrogen-bond acceptors (Lipinski definition) is 3. The van der Waals surface area contributed by atoms with Gasteiger partial charge in [0.2, 0.25) is 0 Å². The van der Waals surface area contributed by atoms with Crippen molar-refractivity contribution in [2.45, 2.75) is 32.1 Å². The van der Waals surface area contributed by atoms with E-state index >= 15 is 0 Å². The zero-order chi connectivity index (χ0) is 12.1. The number of aromatic nitrogens is 2. The summed E-state index contributed by atoms with van der Waals surface area (Å²) in [5.41, 5.74) is 1.75. The fourth-order valence-corrected chi connectivity index (χ4v) is 2.15. The second kappa shape index (κ2) is 5.87. The van der Waals surface area contributed by atoms with Crippen molar-refractivity contribution in [1.82, 2.24) is 10.2 Å². The molecule has 1 heterocycles. The Morgan fingerprint density at radius 3 is 3.12 bits per heavy atom. The van der Waals surface area contributed by atoms with Crippen molar-refractivity contribution in [3.8, 4) is 0 Å². The number of anilines is 1. The van der Waals surface area contributed by atoms with E-state index in [0.717, 1.165) is 13.0 Å². The molecule has 92 valence electrons. The summed E-state index contributed by atoms with van der Waals surface area (Å²) in [6.07, 6.45) is 9.86. The molecule has 0 unspecified atom stereocenters. The summed E-state index contributed by atoms with van der Waals surface area (Å²) in [6, 6.07) is 0. The van der Waals surface area contributed by atoms with Gasteiger partial charge in [0, 0.05) is 6.54 Å². The number of aromatic amines is 1. The maximum Gasteiger partial charge on any atom is 0.285 e. The molecule has 0 aromatic carbocycles. The minimum absolute atomic E-state index is 0.178. The van der Waals surface area contributed by atoms with Crippen LogP contribution in [0.1, 0.15) is 32.1 Å². The summed E-state index contributed by atoms with van der Waals surface area (Å²) in [4.78, 5) is 11.2. The molecule has 2 rings (SSSR count). The first-order valence-electron chi connectivity index (χ1n) is 5.92. The molecule has 4 nitrogen and oxygen atoms in total. The molecule has 0 spiro atoms. The molecule has 0 radical (unpaired) electrons. The van der Waals surface area contributed by atoms with Crippen LogP contribution in [0.2, 0.25) is 5.02 Å². The Morgan fingerprint density at radius 2 is 2.35 bits per heavy atom. The lowest BCUT2D eigenvalue weighted by molar-refractivity contribution is 0.679. The molecule has 0 aliphatic heterocycles. The monoisotopic (exact) mass is 253 g/mol. The van der Waals surface area contributed by atoms with Gasteiger partial charge in [0.1, 0.15) is 5.02 Å². The molecule has 0 saturated heterocycles. The number of H-pyrrole nitrogens is 1. The van der Waals surface area contributed by atoms with Crippen molar-refractivity contribution < 1.29 is 0 Å². The van der Waals surface area contributed by atoms with E-state index in [1.54, 1.807) is 6.20 Å². The zero-order valence-corrected chi connectivity index (χ0v) is 10.4. The molecule has 5 heteroatoms. The quantitative estimate of drug-likeness (QED) is 0.812. The SMILES string of the molecule is O=c1[nH]ncc(NCCC2=CCCCC2)c1Cl. The number of rotatable bonds is 4. The standard InChI is InChI=1S/C12H16ClN3O/c13-11-10(8-15-16-12(11)17)14-7-6-9-4-2-1-3-5-9/h4,8H,1-3,5-7H2,(H2,14,16,17). The van der Waals surface area contributed by atoms with Crippen molar-refractivity contribution in [3.05, 3.63) is 33.2 Å². The van der Waals surface area contributed by atoms with E-state index in [0.29, 0.717) is 5.69 Å². The number of nitrogens with zero attached hydrogens (tertiary/aromatic N) is 1. The van der Waals surface area contributed by atoms with Crippen LogP contribution in [0.25, 0.3) is 0 Å². The maximum atomic E-state index is 11.2. The molecule has 0 fully saturated rings. The second-order valence-corrected chi connectivity index (χ2v) is 4.59. The van der Waals surface area contributed by atoms with E-state index in [1.807, 2.05) is 0 Å². The van der Waals surface area contributed by atoms with Crippen LogP contribution in [0.5, 0.6) is 0 Å². The van der Waals surface area contributed by atoms with E-state index in [9.17, 15) is 4.79 Å². The van der Waals surface area contributed by atoms with Crippen molar-refractivity contribution in [3.63, 3.8) is 0 Å². The Kier molecular flexibility index (Phi) is 4.20. The van der Waals surface area contributed by atoms with Crippen LogP contribution in [0, 0.1) is 0 Å². The van der Waals surface area contributed by atoms with E-state index in [4.69, 9.17) is 11.6 Å². The van der Waals surface area contributed by atoms with Gasteiger partial charge in [-0.05, 0) is 32.1 Å². The molecule has 0 bridgehead atoms. The highest BCUT2D eigenvalue weighted by Gasteiger charge is 2.06. The molecule has 17 heavy (non-hydrogen) atoms. The van der Waals surface area contributed by atoms with Crippen molar-refractivity contribution in [2.24, 2.45) is 0 Å². The van der Waals surface area contributed by atoms with E-state index in [2.05, 4.69) is 21.6 Å². The highest BCUT2D eigenvalue weighted by atomic mass is 35.5. The van der Waals surface area contributed by atoms with Crippen LogP contribution in [0.15, 0.2) is 22.6 Å². The van der Waals surface area contributed by atoms with Gasteiger partial charge in [-0.25, -0.2) is 5.10 Å². The fraction of sp³-hybridized carbons (Fsp3) is 0.500. The van der Waals surface area contributed by atoms with E-state index < -0.39 is 0 Å². The van der Waals surface area contributed by atoms with Crippen LogP contribution in [0.3, 0.4) is 0 Å². The van der Waals surface area contributed by atoms with Crippen LogP contribution >= 0.6 is 11.6 Å². The Bertz CT molecular complexity index is 467. The molecule has 0 saturated carbocycles. The lowest BCUT2D eigenvalue weighted by Gasteiger charge is -2.13. The normalized spacial score (nSPS) is 15.5. The fourth-order valence-electron chi connectivity index (χ4n) is 2.00. The van der Waals surface area contributed by atoms with Crippen molar-refractivity contribution in [2.75, 3.05) is 11.9 Å². The smallest absolute Gasteiger partial charge is 0.285 e. The van der Waals surface area contributed by atoms with Crippen LogP contribution in [-0.2, 0) is 0 Å². The zero-order valence-electron chi connectivity index (χ0n) is 9.63. The highest BCUT2D eigenvalue weighted by molar-refractivity contribution is 6.32. The summed E-state index contributed by atoms with van der Waals surface area (Å²) in [6.45, 7) is 0.788. The van der Waals surface area contributed by atoms with Gasteiger partial charge in [0.15, 0.2) is 0 Å². The molecule has 1 aromatic heterocycles. The number of allylic oxidation sites excluding steroid dienone is 1. The molecular formula is C12H16ClN3O. The lowest BCUT2D eigenvalue weighted by atomic mass is 9.97. The number of hydrogen-bond donors (Lipinski definition) is 2. The summed E-state index contributed by atoms with van der Waals surface area (Å²) >= 11 is 5.85. The second-order valence-electron chi connectivity index (χ2n) is 4.21. The van der Waals surface area contributed by atoms with E-state index in [-0.39, 0.29) is 10.6 Å². The third-order valence-electron chi connectivity index (χ3n) is 2.94. The Hall–Kier alpha value is -1.29. The summed E-state index contributed by atoms with van der Waals surface area (Å²) in [5.74, 6) is 0. The topological polar surface area (TPSA) is 57.8 Å². The van der Waals surface area contributed by atoms with Gasteiger partial charge in [-0.1, -0.05) is 23.3 Å². The minimum atomic E-state index is -0.353. The summed E-state index contributed by atoms with van der Waals surface area (Å²) in [7, 11) is 0. The molecule has 1 aliphatic rings. The van der Waals surface area contributed by atoms with Crippen molar-refractivity contribution >= 4 is 17.3 Å².